The normalized spacial score (nSPS) is 12.5. The van der Waals surface area contributed by atoms with Crippen LogP contribution in [0.25, 0.3) is 5.78 Å². The third kappa shape index (κ3) is 2.49. The van der Waals surface area contributed by atoms with Gasteiger partial charge in [-0.3, -0.25) is 9.20 Å². The van der Waals surface area contributed by atoms with Crippen LogP contribution in [-0.2, 0) is 0 Å². The molecule has 0 unspecified atom stereocenters. The summed E-state index contributed by atoms with van der Waals surface area (Å²) >= 11 is 0. The molecule has 0 saturated carbocycles. The number of aryl methyl sites for hydroxylation is 1. The Morgan fingerprint density at radius 1 is 1.52 bits per heavy atom. The smallest absolute Gasteiger partial charge is 0.257 e. The Hall–Kier alpha value is -2.70. The largest absolute Gasteiger partial charge is 0.361 e. The Kier molecular flexibility index (Phi) is 3.39. The maximum absolute atomic E-state index is 12.2. The minimum atomic E-state index is -0.217. The first-order valence-corrected chi connectivity index (χ1v) is 6.70. The van der Waals surface area contributed by atoms with Crippen LogP contribution in [0, 0.1) is 6.92 Å². The van der Waals surface area contributed by atoms with Crippen molar-refractivity contribution in [2.24, 2.45) is 0 Å². The van der Waals surface area contributed by atoms with E-state index >= 15 is 0 Å². The van der Waals surface area contributed by atoms with Crippen molar-refractivity contribution >= 4 is 11.7 Å². The Bertz CT molecular complexity index is 743. The molecule has 0 aliphatic carbocycles. The predicted octanol–water partition coefficient (Wildman–Crippen LogP) is 1.91. The number of aromatic nitrogens is 4. The predicted molar refractivity (Wildman–Crippen MR) is 74.7 cm³/mol. The highest BCUT2D eigenvalue weighted by Crippen LogP contribution is 2.17. The van der Waals surface area contributed by atoms with Crippen molar-refractivity contribution in [3.05, 3.63) is 47.9 Å². The first-order chi connectivity index (χ1) is 10.2. The summed E-state index contributed by atoms with van der Waals surface area (Å²) in [6.07, 6.45) is 7.57. The molecule has 3 rings (SSSR count). The summed E-state index contributed by atoms with van der Waals surface area (Å²) in [7, 11) is 0. The quantitative estimate of drug-likeness (QED) is 0.791. The second-order valence-electron chi connectivity index (χ2n) is 4.72. The topological polar surface area (TPSA) is 85.3 Å². The van der Waals surface area contributed by atoms with E-state index in [-0.39, 0.29) is 11.9 Å². The first-order valence-electron chi connectivity index (χ1n) is 6.70. The summed E-state index contributed by atoms with van der Waals surface area (Å²) < 4.78 is 6.74. The van der Waals surface area contributed by atoms with Gasteiger partial charge in [-0.15, -0.1) is 0 Å². The summed E-state index contributed by atoms with van der Waals surface area (Å²) in [6, 6.07) is 1.65. The molecule has 7 nitrogen and oxygen atoms in total. The van der Waals surface area contributed by atoms with E-state index in [0.717, 1.165) is 12.1 Å². The fourth-order valence-electron chi connectivity index (χ4n) is 2.15. The van der Waals surface area contributed by atoms with Crippen LogP contribution in [-0.4, -0.2) is 25.4 Å². The van der Waals surface area contributed by atoms with Crippen molar-refractivity contribution in [1.29, 1.82) is 0 Å². The number of rotatable bonds is 4. The number of hydrogen-bond donors (Lipinski definition) is 1. The van der Waals surface area contributed by atoms with E-state index in [4.69, 9.17) is 4.52 Å². The molecule has 0 fully saturated rings. The molecule has 108 valence electrons. The van der Waals surface area contributed by atoms with Crippen LogP contribution in [0.15, 0.2) is 35.4 Å². The van der Waals surface area contributed by atoms with E-state index in [1.54, 1.807) is 13.1 Å². The minimum absolute atomic E-state index is 0.187. The molecule has 0 saturated heterocycles. The third-order valence-corrected chi connectivity index (χ3v) is 3.32. The molecule has 21 heavy (non-hydrogen) atoms. The van der Waals surface area contributed by atoms with E-state index < -0.39 is 0 Å². The maximum Gasteiger partial charge on any atom is 0.257 e. The number of amides is 1. The molecule has 3 aromatic rings. The second-order valence-corrected chi connectivity index (χ2v) is 4.72. The molecule has 0 aliphatic rings. The number of hydrogen-bond acceptors (Lipinski definition) is 5. The van der Waals surface area contributed by atoms with Gasteiger partial charge in [0.05, 0.1) is 17.9 Å². The van der Waals surface area contributed by atoms with E-state index in [9.17, 15) is 4.79 Å². The fourth-order valence-corrected chi connectivity index (χ4v) is 2.15. The molecule has 1 atom stereocenters. The van der Waals surface area contributed by atoms with Gasteiger partial charge in [-0.2, -0.15) is 0 Å². The molecule has 0 spiro atoms. The van der Waals surface area contributed by atoms with Crippen LogP contribution in [0.3, 0.4) is 0 Å². The Balaban J connectivity index is 1.85. The third-order valence-electron chi connectivity index (χ3n) is 3.32. The summed E-state index contributed by atoms with van der Waals surface area (Å²) in [5.41, 5.74) is 1.22. The van der Waals surface area contributed by atoms with E-state index in [1.807, 2.05) is 29.8 Å². The molecular formula is C14H15N5O2. The van der Waals surface area contributed by atoms with Gasteiger partial charge in [0.15, 0.2) is 0 Å². The Morgan fingerprint density at radius 3 is 3.05 bits per heavy atom. The van der Waals surface area contributed by atoms with Gasteiger partial charge < -0.3 is 9.84 Å². The molecule has 3 aromatic heterocycles. The number of carbonyl (C=O) groups excluding carboxylic acids is 1. The SMILES string of the molecule is CC[C@@H](NC(=O)c1cnoc1C)c1cn2cccnc2n1. The molecular weight excluding hydrogens is 270 g/mol. The lowest BCUT2D eigenvalue weighted by Crippen LogP contribution is -2.28. The van der Waals surface area contributed by atoms with Crippen molar-refractivity contribution in [2.45, 2.75) is 26.3 Å². The van der Waals surface area contributed by atoms with Gasteiger partial charge in [0.25, 0.3) is 5.91 Å². The van der Waals surface area contributed by atoms with Gasteiger partial charge in [-0.25, -0.2) is 9.97 Å². The zero-order valence-electron chi connectivity index (χ0n) is 11.8. The number of fused-ring (bicyclic) bond motifs is 1. The van der Waals surface area contributed by atoms with Crippen LogP contribution in [0.2, 0.25) is 0 Å². The lowest BCUT2D eigenvalue weighted by atomic mass is 10.1. The minimum Gasteiger partial charge on any atom is -0.361 e. The maximum atomic E-state index is 12.2. The van der Waals surface area contributed by atoms with Crippen LogP contribution in [0.4, 0.5) is 0 Å². The number of imidazole rings is 1. The van der Waals surface area contributed by atoms with E-state index in [1.165, 1.54) is 6.20 Å². The van der Waals surface area contributed by atoms with Gasteiger partial charge >= 0.3 is 0 Å². The lowest BCUT2D eigenvalue weighted by Gasteiger charge is -2.13. The zero-order valence-corrected chi connectivity index (χ0v) is 11.8. The van der Waals surface area contributed by atoms with Crippen molar-refractivity contribution in [3.63, 3.8) is 0 Å². The average Bonchev–Trinajstić information content (AvgIpc) is 3.10. The first kappa shape index (κ1) is 13.3. The average molecular weight is 285 g/mol. The highest BCUT2D eigenvalue weighted by Gasteiger charge is 2.20. The standard InChI is InChI=1S/C14H15N5O2/c1-3-11(17-13(20)10-7-16-21-9(10)2)12-8-19-6-4-5-15-14(19)18-12/h4-8,11H,3H2,1-2H3,(H,17,20)/t11-/m1/s1. The molecule has 0 aromatic carbocycles. The molecule has 1 N–H and O–H groups in total. The van der Waals surface area contributed by atoms with Gasteiger partial charge in [0.2, 0.25) is 5.78 Å². The van der Waals surface area contributed by atoms with Gasteiger partial charge in [-0.05, 0) is 19.4 Å². The molecule has 0 bridgehead atoms. The molecule has 7 heteroatoms. The van der Waals surface area contributed by atoms with Crippen molar-refractivity contribution in [1.82, 2.24) is 24.8 Å². The van der Waals surface area contributed by atoms with Gasteiger partial charge in [0, 0.05) is 18.6 Å². The Labute approximate surface area is 121 Å². The van der Waals surface area contributed by atoms with Crippen LogP contribution in [0.5, 0.6) is 0 Å². The number of carbonyl (C=O) groups is 1. The summed E-state index contributed by atoms with van der Waals surface area (Å²) in [6.45, 7) is 3.70. The van der Waals surface area contributed by atoms with Crippen molar-refractivity contribution in [2.75, 3.05) is 0 Å². The number of nitrogens with one attached hydrogen (secondary N) is 1. The van der Waals surface area contributed by atoms with E-state index in [0.29, 0.717) is 17.1 Å². The fraction of sp³-hybridized carbons (Fsp3) is 0.286. The van der Waals surface area contributed by atoms with Gasteiger partial charge in [-0.1, -0.05) is 12.1 Å². The van der Waals surface area contributed by atoms with Gasteiger partial charge in [0.1, 0.15) is 11.3 Å². The summed E-state index contributed by atoms with van der Waals surface area (Å²) in [5.74, 6) is 0.894. The van der Waals surface area contributed by atoms with Crippen molar-refractivity contribution < 1.29 is 9.32 Å². The Morgan fingerprint density at radius 2 is 2.38 bits per heavy atom. The lowest BCUT2D eigenvalue weighted by molar-refractivity contribution is 0.0933. The highest BCUT2D eigenvalue weighted by atomic mass is 16.5. The zero-order chi connectivity index (χ0) is 14.8. The van der Waals surface area contributed by atoms with Crippen LogP contribution < -0.4 is 5.32 Å². The molecule has 1 amide bonds. The number of nitrogens with zero attached hydrogens (tertiary/aromatic N) is 4. The van der Waals surface area contributed by atoms with Crippen LogP contribution >= 0.6 is 0 Å². The van der Waals surface area contributed by atoms with Crippen molar-refractivity contribution in [3.8, 4) is 0 Å². The highest BCUT2D eigenvalue weighted by molar-refractivity contribution is 5.94. The molecule has 3 heterocycles. The molecule has 0 aliphatic heterocycles. The molecule has 0 radical (unpaired) electrons. The van der Waals surface area contributed by atoms with E-state index in [2.05, 4.69) is 20.4 Å². The van der Waals surface area contributed by atoms with Crippen LogP contribution in [0.1, 0.15) is 41.2 Å². The monoisotopic (exact) mass is 285 g/mol. The summed E-state index contributed by atoms with van der Waals surface area (Å²) in [4.78, 5) is 20.8. The summed E-state index contributed by atoms with van der Waals surface area (Å²) in [5, 5.41) is 6.56. The second kappa shape index (κ2) is 5.35.